The summed E-state index contributed by atoms with van der Waals surface area (Å²) in [6.07, 6.45) is 0. The Labute approximate surface area is 145 Å². The molecule has 0 bridgehead atoms. The fourth-order valence-corrected chi connectivity index (χ4v) is 2.36. The van der Waals surface area contributed by atoms with Crippen molar-refractivity contribution in [3.8, 4) is 11.8 Å². The fraction of sp³-hybridized carbons (Fsp3) is 0.0625. The average molecular weight is 360 g/mol. The van der Waals surface area contributed by atoms with Crippen molar-refractivity contribution < 1.29 is 13.6 Å². The van der Waals surface area contributed by atoms with Gasteiger partial charge in [0.1, 0.15) is 11.6 Å². The molecule has 9 heteroatoms. The molecule has 0 radical (unpaired) electrons. The van der Waals surface area contributed by atoms with Gasteiger partial charge in [0, 0.05) is 16.7 Å². The van der Waals surface area contributed by atoms with E-state index in [0.29, 0.717) is 16.8 Å². The second kappa shape index (κ2) is 6.75. The molecule has 1 aromatic heterocycles. The topological polar surface area (TPSA) is 84.5 Å². The van der Waals surface area contributed by atoms with E-state index in [0.717, 1.165) is 12.1 Å². The summed E-state index contributed by atoms with van der Waals surface area (Å²) in [5.41, 5.74) is 0.192. The highest BCUT2D eigenvalue weighted by Crippen LogP contribution is 2.22. The second-order valence-corrected chi connectivity index (χ2v) is 5.45. The van der Waals surface area contributed by atoms with Crippen molar-refractivity contribution in [2.75, 3.05) is 0 Å². The molecule has 2 aromatic carbocycles. The van der Waals surface area contributed by atoms with Crippen LogP contribution in [0.5, 0.6) is 0 Å². The lowest BCUT2D eigenvalue weighted by Crippen LogP contribution is -2.17. The van der Waals surface area contributed by atoms with E-state index in [1.165, 1.54) is 4.68 Å². The van der Waals surface area contributed by atoms with Crippen molar-refractivity contribution in [1.29, 1.82) is 5.26 Å². The first-order valence-corrected chi connectivity index (χ1v) is 7.31. The van der Waals surface area contributed by atoms with Crippen LogP contribution in [0.2, 0.25) is 5.02 Å². The predicted molar refractivity (Wildman–Crippen MR) is 83.2 cm³/mol. The molecule has 0 aliphatic carbocycles. The summed E-state index contributed by atoms with van der Waals surface area (Å²) in [6, 6.07) is 10.5. The zero-order valence-corrected chi connectivity index (χ0v) is 13.2. The van der Waals surface area contributed by atoms with Gasteiger partial charge in [0.2, 0.25) is 0 Å². The van der Waals surface area contributed by atoms with Crippen LogP contribution >= 0.6 is 11.6 Å². The fourth-order valence-electron chi connectivity index (χ4n) is 2.24. The number of hydrogen-bond donors (Lipinski definition) is 0. The molecule has 6 nitrogen and oxygen atoms in total. The highest BCUT2D eigenvalue weighted by molar-refractivity contribution is 6.30. The molecule has 25 heavy (non-hydrogen) atoms. The lowest BCUT2D eigenvalue weighted by Gasteiger charge is -2.09. The second-order valence-electron chi connectivity index (χ2n) is 5.01. The van der Waals surface area contributed by atoms with Crippen LogP contribution in [-0.4, -0.2) is 26.0 Å². The number of tetrazole rings is 1. The molecular formula is C16H8ClF2N5O. The van der Waals surface area contributed by atoms with Gasteiger partial charge in [-0.05, 0) is 46.8 Å². The van der Waals surface area contributed by atoms with Gasteiger partial charge < -0.3 is 0 Å². The van der Waals surface area contributed by atoms with Crippen LogP contribution in [0, 0.1) is 23.0 Å². The molecule has 1 atom stereocenters. The van der Waals surface area contributed by atoms with E-state index in [1.54, 1.807) is 30.3 Å². The summed E-state index contributed by atoms with van der Waals surface area (Å²) in [5, 5.41) is 20.8. The number of ketones is 1. The van der Waals surface area contributed by atoms with E-state index in [1.807, 2.05) is 0 Å². The van der Waals surface area contributed by atoms with Crippen LogP contribution in [0.25, 0.3) is 5.69 Å². The Bertz CT molecular complexity index is 961. The summed E-state index contributed by atoms with van der Waals surface area (Å²) in [4.78, 5) is 12.5. The lowest BCUT2D eigenvalue weighted by atomic mass is 9.98. The summed E-state index contributed by atoms with van der Waals surface area (Å²) < 4.78 is 27.9. The maximum Gasteiger partial charge on any atom is 0.188 e. The van der Waals surface area contributed by atoms with Gasteiger partial charge in [-0.2, -0.15) is 9.94 Å². The number of aromatic nitrogens is 4. The molecule has 0 aliphatic heterocycles. The van der Waals surface area contributed by atoms with Crippen LogP contribution in [-0.2, 0) is 0 Å². The molecule has 0 fully saturated rings. The van der Waals surface area contributed by atoms with Gasteiger partial charge in [0.15, 0.2) is 17.5 Å². The van der Waals surface area contributed by atoms with E-state index < -0.39 is 23.3 Å². The van der Waals surface area contributed by atoms with Crippen molar-refractivity contribution in [2.24, 2.45) is 0 Å². The molecule has 0 saturated carbocycles. The lowest BCUT2D eigenvalue weighted by molar-refractivity contribution is 0.0974. The molecule has 1 heterocycles. The molecule has 3 rings (SSSR count). The zero-order valence-electron chi connectivity index (χ0n) is 12.4. The Morgan fingerprint density at radius 1 is 1.16 bits per heavy atom. The van der Waals surface area contributed by atoms with E-state index in [-0.39, 0.29) is 11.4 Å². The Hall–Kier alpha value is -3.18. The summed E-state index contributed by atoms with van der Waals surface area (Å²) in [5.74, 6) is -4.16. The van der Waals surface area contributed by atoms with E-state index in [4.69, 9.17) is 11.6 Å². The van der Waals surface area contributed by atoms with E-state index >= 15 is 0 Å². The maximum atomic E-state index is 13.3. The molecule has 0 N–H and O–H groups in total. The Balaban J connectivity index is 2.02. The quantitative estimate of drug-likeness (QED) is 0.668. The minimum Gasteiger partial charge on any atom is -0.292 e. The first-order valence-electron chi connectivity index (χ1n) is 6.93. The standard InChI is InChI=1S/C16H8ClF2N5O/c17-10-1-3-13(4-2-10)24-16(21-22-23-24)14(8-20)15(25)9-5-11(18)7-12(19)6-9/h1-7,14H. The van der Waals surface area contributed by atoms with Crippen LogP contribution in [0.4, 0.5) is 8.78 Å². The summed E-state index contributed by atoms with van der Waals surface area (Å²) >= 11 is 5.82. The minimum absolute atomic E-state index is 0.0699. The molecule has 0 saturated heterocycles. The molecule has 0 aliphatic rings. The number of carbonyl (C=O) groups is 1. The van der Waals surface area contributed by atoms with Gasteiger partial charge in [-0.15, -0.1) is 5.10 Å². The Morgan fingerprint density at radius 3 is 2.40 bits per heavy atom. The molecular weight excluding hydrogens is 352 g/mol. The first kappa shape index (κ1) is 16.7. The van der Waals surface area contributed by atoms with Crippen molar-refractivity contribution in [1.82, 2.24) is 20.2 Å². The van der Waals surface area contributed by atoms with Gasteiger partial charge in [-0.3, -0.25) is 4.79 Å². The Morgan fingerprint density at radius 2 is 1.80 bits per heavy atom. The first-order chi connectivity index (χ1) is 12.0. The van der Waals surface area contributed by atoms with Crippen LogP contribution in [0.3, 0.4) is 0 Å². The van der Waals surface area contributed by atoms with Gasteiger partial charge in [-0.1, -0.05) is 11.6 Å². The van der Waals surface area contributed by atoms with Crippen molar-refractivity contribution in [2.45, 2.75) is 5.92 Å². The van der Waals surface area contributed by atoms with Gasteiger partial charge in [0.25, 0.3) is 0 Å². The number of carbonyl (C=O) groups excluding carboxylic acids is 1. The smallest absolute Gasteiger partial charge is 0.188 e. The highest BCUT2D eigenvalue weighted by atomic mass is 35.5. The van der Waals surface area contributed by atoms with Gasteiger partial charge in [0.05, 0.1) is 11.8 Å². The maximum absolute atomic E-state index is 13.3. The number of rotatable bonds is 4. The minimum atomic E-state index is -1.44. The van der Waals surface area contributed by atoms with Crippen LogP contribution in [0.1, 0.15) is 22.1 Å². The Kier molecular flexibility index (Phi) is 4.50. The third-order valence-electron chi connectivity index (χ3n) is 3.36. The number of hydrogen-bond acceptors (Lipinski definition) is 5. The van der Waals surface area contributed by atoms with Crippen LogP contribution in [0.15, 0.2) is 42.5 Å². The molecule has 1 unspecified atom stereocenters. The normalized spacial score (nSPS) is 11.8. The summed E-state index contributed by atoms with van der Waals surface area (Å²) in [7, 11) is 0. The van der Waals surface area contributed by atoms with Crippen molar-refractivity contribution in [3.63, 3.8) is 0 Å². The molecule has 124 valence electrons. The highest BCUT2D eigenvalue weighted by Gasteiger charge is 2.29. The largest absolute Gasteiger partial charge is 0.292 e. The van der Waals surface area contributed by atoms with Crippen molar-refractivity contribution >= 4 is 17.4 Å². The predicted octanol–water partition coefficient (Wildman–Crippen LogP) is 3.08. The number of benzene rings is 2. The number of nitriles is 1. The molecule has 3 aromatic rings. The number of nitrogens with zero attached hydrogens (tertiary/aromatic N) is 5. The number of halogens is 3. The van der Waals surface area contributed by atoms with Gasteiger partial charge in [-0.25, -0.2) is 8.78 Å². The third kappa shape index (κ3) is 3.36. The molecule has 0 amide bonds. The molecule has 0 spiro atoms. The monoisotopic (exact) mass is 359 g/mol. The van der Waals surface area contributed by atoms with E-state index in [9.17, 15) is 18.8 Å². The number of Topliss-reactive ketones (excluding diaryl/α,β-unsaturated/α-hetero) is 1. The van der Waals surface area contributed by atoms with Crippen molar-refractivity contribution in [3.05, 3.63) is 70.5 Å². The third-order valence-corrected chi connectivity index (χ3v) is 3.61. The SMILES string of the molecule is N#CC(C(=O)c1cc(F)cc(F)c1)c1nnnn1-c1ccc(Cl)cc1. The summed E-state index contributed by atoms with van der Waals surface area (Å²) in [6.45, 7) is 0. The van der Waals surface area contributed by atoms with Gasteiger partial charge >= 0.3 is 0 Å². The zero-order chi connectivity index (χ0) is 18.0. The van der Waals surface area contributed by atoms with Crippen LogP contribution < -0.4 is 0 Å². The van der Waals surface area contributed by atoms with E-state index in [2.05, 4.69) is 15.5 Å². The average Bonchev–Trinajstić information content (AvgIpc) is 3.04.